The van der Waals surface area contributed by atoms with Crippen molar-refractivity contribution in [2.24, 2.45) is 35.1 Å². The minimum Gasteiger partial charge on any atom is -0.508 e. The van der Waals surface area contributed by atoms with Crippen LogP contribution in [0.15, 0.2) is 48.5 Å². The zero-order valence-corrected chi connectivity index (χ0v) is 59.7. The van der Waals surface area contributed by atoms with Crippen LogP contribution in [0.2, 0.25) is 0 Å². The molecule has 14 atom stereocenters. The third kappa shape index (κ3) is 26.2. The van der Waals surface area contributed by atoms with E-state index in [0.29, 0.717) is 12.0 Å². The molecule has 29 nitrogen and oxygen atoms in total. The minimum absolute atomic E-state index is 0.0263. The van der Waals surface area contributed by atoms with Gasteiger partial charge in [-0.1, -0.05) is 96.0 Å². The summed E-state index contributed by atoms with van der Waals surface area (Å²) in [5.74, 6) is -19.9. The number of amides is 9. The molecule has 4 aliphatic rings. The lowest BCUT2D eigenvalue weighted by Gasteiger charge is -2.30. The first-order valence-electron chi connectivity index (χ1n) is 32.2. The summed E-state index contributed by atoms with van der Waals surface area (Å²) >= 11 is 0. The number of phenolic OH excluding ortho intramolecular Hbond substituents is 2. The van der Waals surface area contributed by atoms with Gasteiger partial charge < -0.3 is 74.0 Å². The van der Waals surface area contributed by atoms with Crippen molar-refractivity contribution in [3.8, 4) is 11.5 Å². The maximum atomic E-state index is 15.2. The summed E-state index contributed by atoms with van der Waals surface area (Å²) in [7, 11) is 5.66. The number of carbonyl (C=O) groups is 15. The Balaban J connectivity index is 1.54. The number of benzene rings is 2. The molecule has 2 aromatic rings. The molecule has 4 heterocycles. The molecule has 9 amide bonds. The second kappa shape index (κ2) is 39.9. The first-order chi connectivity index (χ1) is 47.0. The molecule has 4 fully saturated rings. The number of aliphatic hydroxyl groups is 1. The summed E-state index contributed by atoms with van der Waals surface area (Å²) in [4.78, 5) is 215. The molecule has 0 radical (unpaired) electrons. The number of fused-ring (bicyclic) bond motifs is 20. The monoisotopic (exact) mass is 1490 g/mol. The van der Waals surface area contributed by atoms with E-state index in [2.05, 4.69) is 37.2 Å². The molecule has 4 bridgehead atoms. The minimum atomic E-state index is -1.78. The van der Waals surface area contributed by atoms with Gasteiger partial charge in [-0.25, -0.2) is 0 Å². The van der Waals surface area contributed by atoms with Crippen molar-refractivity contribution in [3.63, 3.8) is 0 Å². The van der Waals surface area contributed by atoms with Crippen molar-refractivity contribution >= 4 is 153 Å². The van der Waals surface area contributed by atoms with Gasteiger partial charge in [-0.15, -0.1) is 0 Å². The Hall–Kier alpha value is -6.89. The van der Waals surface area contributed by atoms with E-state index in [-0.39, 0.29) is 78.4 Å². The summed E-state index contributed by atoms with van der Waals surface area (Å²) < 4.78 is 0. The van der Waals surface area contributed by atoms with E-state index in [9.17, 15) is 82.8 Å². The number of rotatable bonds is 13. The van der Waals surface area contributed by atoms with Crippen LogP contribution >= 0.6 is 64.8 Å². The largest absolute Gasteiger partial charge is 0.508 e. The van der Waals surface area contributed by atoms with Gasteiger partial charge in [0.05, 0.1) is 48.5 Å². The van der Waals surface area contributed by atoms with Crippen molar-refractivity contribution in [2.75, 3.05) is 41.1 Å². The lowest BCUT2D eigenvalue weighted by atomic mass is 9.89. The number of hydrogen-bond donors (Lipinski definition) is 13. The zero-order chi connectivity index (χ0) is 72.6. The normalized spacial score (nSPS) is 28.1. The first-order valence-corrected chi connectivity index (χ1v) is 39.7. The van der Waals surface area contributed by atoms with Crippen molar-refractivity contribution in [1.82, 2.24) is 42.1 Å². The number of nitrogens with one attached hydrogen (secondary N) is 7. The maximum Gasteiger partial charge on any atom is 0.303 e. The molecule has 4 saturated heterocycles. The van der Waals surface area contributed by atoms with E-state index in [1.165, 1.54) is 50.2 Å². The number of aliphatic carboxylic acids is 1. The van der Waals surface area contributed by atoms with Crippen LogP contribution in [-0.2, 0) is 84.8 Å². The van der Waals surface area contributed by atoms with Crippen LogP contribution in [-0.4, -0.2) is 215 Å². The van der Waals surface area contributed by atoms with Crippen LogP contribution < -0.4 is 48.7 Å². The molecule has 0 aliphatic carbocycles. The summed E-state index contributed by atoms with van der Waals surface area (Å²) in [6.07, 6.45) is -6.42. The Morgan fingerprint density at radius 1 is 0.596 bits per heavy atom. The van der Waals surface area contributed by atoms with Gasteiger partial charge in [0.1, 0.15) is 41.7 Å². The Kier molecular flexibility index (Phi) is 32.7. The van der Waals surface area contributed by atoms with E-state index < -0.39 is 223 Å². The molecule has 2 unspecified atom stereocenters. The molecule has 0 saturated carbocycles. The van der Waals surface area contributed by atoms with Gasteiger partial charge in [-0.2, -0.15) is 0 Å². The van der Waals surface area contributed by atoms with Crippen LogP contribution in [0.4, 0.5) is 0 Å². The number of carboxylic acids is 1. The molecule has 4 aliphatic heterocycles. The van der Waals surface area contributed by atoms with Crippen molar-refractivity contribution in [2.45, 2.75) is 165 Å². The number of carbonyl (C=O) groups excluding carboxylic acids is 14. The number of primary amides is 1. The second-order valence-corrected chi connectivity index (χ2v) is 32.7. The molecule has 35 heteroatoms. The highest BCUT2D eigenvalue weighted by molar-refractivity contribution is 8.77. The van der Waals surface area contributed by atoms with Crippen LogP contribution in [0.3, 0.4) is 0 Å². The van der Waals surface area contributed by atoms with Gasteiger partial charge in [-0.05, 0) is 87.3 Å². The number of nitrogens with zero attached hydrogens (tertiary/aromatic N) is 1. The van der Waals surface area contributed by atoms with E-state index in [1.807, 2.05) is 0 Å². The first kappa shape index (κ1) is 81.1. The van der Waals surface area contributed by atoms with Crippen LogP contribution in [0.25, 0.3) is 0 Å². The molecule has 0 aromatic heterocycles. The predicted molar refractivity (Wildman–Crippen MR) is 375 cm³/mol. The van der Waals surface area contributed by atoms with Gasteiger partial charge in [0.15, 0.2) is 28.9 Å². The molecular formula is C64H86N10O19S6. The highest BCUT2D eigenvalue weighted by Gasteiger charge is 2.42. The topological polar surface area (TPSA) is 476 Å². The van der Waals surface area contributed by atoms with Gasteiger partial charge in [0, 0.05) is 91.9 Å². The number of carboxylic acid groups (broad SMARTS) is 1. The Morgan fingerprint density at radius 2 is 1.14 bits per heavy atom. The summed E-state index contributed by atoms with van der Waals surface area (Å²) in [6.45, 7) is 4.25. The van der Waals surface area contributed by atoms with E-state index in [4.69, 9.17) is 11.5 Å². The quantitative estimate of drug-likeness (QED) is 0.122. The summed E-state index contributed by atoms with van der Waals surface area (Å²) in [5.41, 5.74) is 13.3. The van der Waals surface area contributed by atoms with Gasteiger partial charge in [0.25, 0.3) is 0 Å². The molecule has 0 spiro atoms. The fraction of sp³-hybridized carbons (Fsp3) is 0.578. The average molecular weight is 1490 g/mol. The molecule has 99 heavy (non-hydrogen) atoms. The third-order valence-electron chi connectivity index (χ3n) is 16.9. The molecule has 15 N–H and O–H groups in total. The average Bonchev–Trinajstić information content (AvgIpc) is 1.76. The van der Waals surface area contributed by atoms with Crippen molar-refractivity contribution < 1.29 is 92.3 Å². The fourth-order valence-electron chi connectivity index (χ4n) is 11.2. The van der Waals surface area contributed by atoms with Gasteiger partial charge >= 0.3 is 5.97 Å². The number of aliphatic hydroxyl groups excluding tert-OH is 1. The highest BCUT2D eigenvalue weighted by Crippen LogP contribution is 2.32. The van der Waals surface area contributed by atoms with E-state index >= 15 is 9.59 Å². The number of hydrogen-bond acceptors (Lipinski definition) is 25. The second-order valence-electron chi connectivity index (χ2n) is 25.0. The molecular weight excluding hydrogens is 1410 g/mol. The number of aromatic hydroxyl groups is 2. The zero-order valence-electron chi connectivity index (χ0n) is 54.8. The predicted octanol–water partition coefficient (Wildman–Crippen LogP) is 0.592. The Labute approximate surface area is 595 Å². The van der Waals surface area contributed by atoms with Crippen LogP contribution in [0, 0.1) is 23.7 Å². The third-order valence-corrected chi connectivity index (χ3v) is 24.3. The maximum absolute atomic E-state index is 15.2. The Morgan fingerprint density at radius 3 is 1.75 bits per heavy atom. The smallest absolute Gasteiger partial charge is 0.303 e. The number of ketones is 5. The number of nitrogens with two attached hydrogens (primary N) is 2. The lowest BCUT2D eigenvalue weighted by Crippen LogP contribution is -2.60. The van der Waals surface area contributed by atoms with Gasteiger partial charge in [-0.3, -0.25) is 71.9 Å². The lowest BCUT2D eigenvalue weighted by molar-refractivity contribution is -0.143. The number of phenols is 2. The SMILES string of the molecule is CC1NC(=O)[C@@H]2CCCN2C(=O)[C@H](CC(N)=O)NC(=O)[C@@H]2CSSC[C@H](N)C(=O)C[C@H]3CSSC[C@H](CC1=O)C(=O)NC([C@H](C)O)C(=O)CCC(=O)N[C@H](C(=O)C[C@H](C)Cc1ccc(O)cc1)CSSC[C@H](NC(=O)[C@H](Cc1ccc(O)cc1)CC(=O)[C@H](CCC(=O)O)NC3=O)C(=O)N2. The van der Waals surface area contributed by atoms with E-state index in [0.717, 1.165) is 75.2 Å². The molecule has 6 rings (SSSR count). The number of Topliss-reactive ketones (excluding diaryl/α,β-unsaturated/α-hetero) is 5. The van der Waals surface area contributed by atoms with Crippen LogP contribution in [0.1, 0.15) is 103 Å². The van der Waals surface area contributed by atoms with Crippen molar-refractivity contribution in [1.29, 1.82) is 0 Å². The van der Waals surface area contributed by atoms with Crippen molar-refractivity contribution in [3.05, 3.63) is 59.7 Å². The Bertz CT molecular complexity index is 3280. The van der Waals surface area contributed by atoms with Crippen LogP contribution in [0.5, 0.6) is 11.5 Å². The highest BCUT2D eigenvalue weighted by atomic mass is 33.1. The fourth-order valence-corrected chi connectivity index (χ4v) is 18.5. The molecule has 2 aromatic carbocycles. The summed E-state index contributed by atoms with van der Waals surface area (Å²) in [6, 6.07) is -1.79. The van der Waals surface area contributed by atoms with E-state index in [1.54, 1.807) is 19.1 Å². The summed E-state index contributed by atoms with van der Waals surface area (Å²) in [5, 5.41) is 59.4. The van der Waals surface area contributed by atoms with Gasteiger partial charge in [0.2, 0.25) is 53.2 Å². The molecule has 542 valence electrons. The standard InChI is InChI=1S/C64H86N10O19S6/c1-32(19-35-6-10-40(76)11-7-35)20-52(81)45-29-97-99-30-46-62(91)72-47-31-98-96-28-42(65)51(80)24-39(59(88)69-43(14-17-56(85)86)53(82)22-37(58(87)71-46)21-36-8-12-41(77)13-9-36)27-95-94-26-38(60(89)73-57(34(3)75)49(78)15-16-55(84)68-45)23-50(79)33(2)67-63(92)48-5-4-18-74(48)64(93)44(25-54(66)83)70-61(47)90/h6-13,32-34,37-39,42-48,57,75-77H,4-5,14-31,65H2,1-3H3,(H2,66,83)(H,67,92)(H,68,84)(H,69,88)(H,70,90)(H,71,87)(H,72,91)(H,73,89)(H,85,86)/t32-,33?,34+,37-,38+,39+,42+,43+,44+,45+,46+,47+,48+,57?/m1/s1.